The Morgan fingerprint density at radius 3 is 2.45 bits per heavy atom. The van der Waals surface area contributed by atoms with Crippen LogP contribution in [0.3, 0.4) is 0 Å². The Labute approximate surface area is 196 Å². The summed E-state index contributed by atoms with van der Waals surface area (Å²) in [5.74, 6) is -1.40. The van der Waals surface area contributed by atoms with Gasteiger partial charge in [-0.2, -0.15) is 0 Å². The number of carbonyl (C=O) groups is 2. The number of likely N-dealkylation sites (tertiary alicyclic amines) is 1. The molecular weight excluding hydrogens is 438 g/mol. The SMILES string of the molecule is CC(=O)N1CCC2(CCc3c(sc4nc(C(=O)O)[nH]c(=O)c34)C2)CC1.CCc1ccccc1. The Hall–Kier alpha value is -3.00. The molecule has 8 heteroatoms. The van der Waals surface area contributed by atoms with Gasteiger partial charge in [0.05, 0.1) is 5.39 Å². The molecule has 1 spiro atoms. The minimum absolute atomic E-state index is 0.130. The molecule has 2 N–H and O–H groups in total. The van der Waals surface area contributed by atoms with E-state index >= 15 is 0 Å². The fourth-order valence-electron chi connectivity index (χ4n) is 4.87. The van der Waals surface area contributed by atoms with Crippen molar-refractivity contribution in [3.8, 4) is 0 Å². The highest BCUT2D eigenvalue weighted by Gasteiger charge is 2.39. The van der Waals surface area contributed by atoms with Crippen LogP contribution in [-0.2, 0) is 24.1 Å². The Kier molecular flexibility index (Phi) is 6.65. The van der Waals surface area contributed by atoms with Crippen molar-refractivity contribution in [3.63, 3.8) is 0 Å². The minimum atomic E-state index is -1.22. The van der Waals surface area contributed by atoms with E-state index in [4.69, 9.17) is 5.11 Å². The maximum Gasteiger partial charge on any atom is 0.372 e. The van der Waals surface area contributed by atoms with E-state index in [1.807, 2.05) is 11.0 Å². The van der Waals surface area contributed by atoms with Crippen LogP contribution in [0.15, 0.2) is 35.1 Å². The first-order valence-corrected chi connectivity index (χ1v) is 12.2. The van der Waals surface area contributed by atoms with Crippen molar-refractivity contribution in [1.29, 1.82) is 0 Å². The van der Waals surface area contributed by atoms with Gasteiger partial charge in [-0.1, -0.05) is 37.3 Å². The van der Waals surface area contributed by atoms with E-state index in [0.717, 1.165) is 62.1 Å². The third kappa shape index (κ3) is 4.85. The van der Waals surface area contributed by atoms with Gasteiger partial charge in [-0.3, -0.25) is 9.59 Å². The largest absolute Gasteiger partial charge is 0.475 e. The number of nitrogens with zero attached hydrogens (tertiary/aromatic N) is 2. The van der Waals surface area contributed by atoms with Gasteiger partial charge in [0, 0.05) is 24.9 Å². The number of benzene rings is 1. The first-order chi connectivity index (χ1) is 15.8. The number of amides is 1. The number of aromatic nitrogens is 2. The molecule has 1 aromatic carbocycles. The number of hydrogen-bond acceptors (Lipinski definition) is 5. The van der Waals surface area contributed by atoms with E-state index in [9.17, 15) is 14.4 Å². The molecule has 0 unspecified atom stereocenters. The summed E-state index contributed by atoms with van der Waals surface area (Å²) in [4.78, 5) is 45.0. The van der Waals surface area contributed by atoms with Gasteiger partial charge in [-0.25, -0.2) is 9.78 Å². The van der Waals surface area contributed by atoms with Gasteiger partial charge in [0.2, 0.25) is 11.7 Å². The van der Waals surface area contributed by atoms with Crippen LogP contribution < -0.4 is 5.56 Å². The Morgan fingerprint density at radius 2 is 1.88 bits per heavy atom. The summed E-state index contributed by atoms with van der Waals surface area (Å²) < 4.78 is 0. The number of aromatic amines is 1. The second-order valence-corrected chi connectivity index (χ2v) is 10.0. The van der Waals surface area contributed by atoms with Crippen LogP contribution in [0, 0.1) is 5.41 Å². The Balaban J connectivity index is 0.000000275. The van der Waals surface area contributed by atoms with Crippen LogP contribution in [0.2, 0.25) is 0 Å². The Morgan fingerprint density at radius 1 is 1.18 bits per heavy atom. The number of nitrogens with one attached hydrogen (secondary N) is 1. The van der Waals surface area contributed by atoms with E-state index < -0.39 is 5.97 Å². The van der Waals surface area contributed by atoms with Crippen LogP contribution in [0.25, 0.3) is 10.2 Å². The Bertz CT molecular complexity index is 1220. The molecule has 0 bridgehead atoms. The first kappa shape index (κ1) is 23.2. The molecule has 0 saturated carbocycles. The number of carboxylic acids is 1. The predicted molar refractivity (Wildman–Crippen MR) is 129 cm³/mol. The average Bonchev–Trinajstić information content (AvgIpc) is 3.18. The molecule has 3 aromatic rings. The van der Waals surface area contributed by atoms with Crippen LogP contribution in [0.4, 0.5) is 0 Å². The number of carboxylic acid groups (broad SMARTS) is 1. The second kappa shape index (κ2) is 9.47. The van der Waals surface area contributed by atoms with E-state index in [-0.39, 0.29) is 22.7 Å². The number of rotatable bonds is 2. The number of fused-ring (bicyclic) bond motifs is 3. The first-order valence-electron chi connectivity index (χ1n) is 11.4. The smallest absolute Gasteiger partial charge is 0.372 e. The predicted octanol–water partition coefficient (Wildman–Crippen LogP) is 4.05. The van der Waals surface area contributed by atoms with E-state index in [1.165, 1.54) is 16.9 Å². The lowest BCUT2D eigenvalue weighted by Gasteiger charge is -2.43. The fourth-order valence-corrected chi connectivity index (χ4v) is 6.27. The van der Waals surface area contributed by atoms with Gasteiger partial charge < -0.3 is 15.0 Å². The van der Waals surface area contributed by atoms with E-state index in [0.29, 0.717) is 10.2 Å². The molecule has 7 nitrogen and oxygen atoms in total. The zero-order valence-corrected chi connectivity index (χ0v) is 19.8. The monoisotopic (exact) mass is 467 g/mol. The molecule has 0 radical (unpaired) electrons. The summed E-state index contributed by atoms with van der Waals surface area (Å²) in [6, 6.07) is 10.5. The lowest BCUT2D eigenvalue weighted by atomic mass is 9.68. The molecule has 5 rings (SSSR count). The number of carbonyl (C=O) groups excluding carboxylic acids is 1. The summed E-state index contributed by atoms with van der Waals surface area (Å²) >= 11 is 1.45. The summed E-state index contributed by atoms with van der Waals surface area (Å²) in [6.07, 6.45) is 5.79. The van der Waals surface area contributed by atoms with Crippen LogP contribution in [0.5, 0.6) is 0 Å². The lowest BCUT2D eigenvalue weighted by Crippen LogP contribution is -2.44. The van der Waals surface area contributed by atoms with Gasteiger partial charge in [-0.05, 0) is 55.1 Å². The molecule has 1 saturated heterocycles. The lowest BCUT2D eigenvalue weighted by molar-refractivity contribution is -0.131. The van der Waals surface area contributed by atoms with Crippen molar-refractivity contribution in [2.45, 2.75) is 52.4 Å². The average molecular weight is 468 g/mol. The maximum atomic E-state index is 12.3. The molecule has 2 aromatic heterocycles. The van der Waals surface area contributed by atoms with Crippen LogP contribution >= 0.6 is 11.3 Å². The molecule has 1 amide bonds. The van der Waals surface area contributed by atoms with Crippen LogP contribution in [0.1, 0.15) is 59.7 Å². The summed E-state index contributed by atoms with van der Waals surface area (Å²) in [5.41, 5.74) is 2.27. The molecule has 1 aliphatic carbocycles. The van der Waals surface area contributed by atoms with Crippen molar-refractivity contribution in [3.05, 3.63) is 62.5 Å². The molecule has 174 valence electrons. The van der Waals surface area contributed by atoms with Gasteiger partial charge in [-0.15, -0.1) is 11.3 Å². The third-order valence-electron chi connectivity index (χ3n) is 6.91. The number of aryl methyl sites for hydroxylation is 2. The van der Waals surface area contributed by atoms with Gasteiger partial charge in [0.1, 0.15) is 4.83 Å². The molecule has 3 heterocycles. The zero-order valence-electron chi connectivity index (χ0n) is 19.0. The van der Waals surface area contributed by atoms with Gasteiger partial charge in [0.25, 0.3) is 5.56 Å². The minimum Gasteiger partial charge on any atom is -0.475 e. The summed E-state index contributed by atoms with van der Waals surface area (Å²) in [5, 5.41) is 9.64. The molecule has 0 atom stereocenters. The molecule has 2 aliphatic rings. The summed E-state index contributed by atoms with van der Waals surface area (Å²) in [6.45, 7) is 5.35. The van der Waals surface area contributed by atoms with E-state index in [1.54, 1.807) is 6.92 Å². The van der Waals surface area contributed by atoms with E-state index in [2.05, 4.69) is 41.2 Å². The fraction of sp³-hybridized carbons (Fsp3) is 0.440. The quantitative estimate of drug-likeness (QED) is 0.592. The molecule has 1 fully saturated rings. The number of piperidine rings is 1. The van der Waals surface area contributed by atoms with Crippen molar-refractivity contribution >= 4 is 33.4 Å². The van der Waals surface area contributed by atoms with Gasteiger partial charge >= 0.3 is 5.97 Å². The number of thiophene rings is 1. The zero-order chi connectivity index (χ0) is 23.6. The molecular formula is C25H29N3O4S. The highest BCUT2D eigenvalue weighted by molar-refractivity contribution is 7.18. The number of hydrogen-bond donors (Lipinski definition) is 2. The highest BCUT2D eigenvalue weighted by atomic mass is 32.1. The third-order valence-corrected chi connectivity index (χ3v) is 8.03. The summed E-state index contributed by atoms with van der Waals surface area (Å²) in [7, 11) is 0. The maximum absolute atomic E-state index is 12.3. The van der Waals surface area contributed by atoms with Crippen molar-refractivity contribution < 1.29 is 14.7 Å². The van der Waals surface area contributed by atoms with Gasteiger partial charge in [0.15, 0.2) is 0 Å². The standard InChI is InChI=1S/C17H19N3O4S.C8H10/c1-9(21)20-6-4-17(5-7-20)3-2-10-11(8-17)25-15-12(10)14(22)18-13(19-15)16(23)24;1-2-8-6-4-3-5-7-8/h2-8H2,1H3,(H,23,24)(H,18,19,22);3-7H,2H2,1H3. The van der Waals surface area contributed by atoms with Crippen LogP contribution in [-0.4, -0.2) is 44.9 Å². The van der Waals surface area contributed by atoms with Crippen molar-refractivity contribution in [2.75, 3.05) is 13.1 Å². The highest BCUT2D eigenvalue weighted by Crippen LogP contribution is 2.47. The van der Waals surface area contributed by atoms with Crippen molar-refractivity contribution in [1.82, 2.24) is 14.9 Å². The second-order valence-electron chi connectivity index (χ2n) is 8.93. The number of aromatic carboxylic acids is 1. The topological polar surface area (TPSA) is 103 Å². The normalized spacial score (nSPS) is 16.7. The molecule has 1 aliphatic heterocycles. The molecule has 33 heavy (non-hydrogen) atoms. The number of H-pyrrole nitrogens is 1. The van der Waals surface area contributed by atoms with Crippen molar-refractivity contribution in [2.24, 2.45) is 5.41 Å².